The Morgan fingerprint density at radius 2 is 1.84 bits per heavy atom. The molecule has 0 aromatic carbocycles. The first-order valence-electron chi connectivity index (χ1n) is 8.20. The minimum Gasteiger partial charge on any atom is -0.379 e. The van der Waals surface area contributed by atoms with Gasteiger partial charge in [-0.1, -0.05) is 32.6 Å². The van der Waals surface area contributed by atoms with Gasteiger partial charge in [0.25, 0.3) is 0 Å². The summed E-state index contributed by atoms with van der Waals surface area (Å²) in [5, 5.41) is 3.76. The summed E-state index contributed by atoms with van der Waals surface area (Å²) in [6.45, 7) is 12.1. The third-order valence-electron chi connectivity index (χ3n) is 5.17. The summed E-state index contributed by atoms with van der Waals surface area (Å²) in [5.41, 5.74) is 0.238. The Balaban J connectivity index is 1.97. The van der Waals surface area contributed by atoms with Gasteiger partial charge in [0.05, 0.1) is 13.2 Å². The minimum atomic E-state index is 0.238. The van der Waals surface area contributed by atoms with Crippen LogP contribution in [-0.4, -0.2) is 49.3 Å². The van der Waals surface area contributed by atoms with Crippen molar-refractivity contribution in [3.8, 4) is 0 Å². The van der Waals surface area contributed by atoms with E-state index < -0.39 is 0 Å². The lowest BCUT2D eigenvalue weighted by atomic mass is 9.84. The van der Waals surface area contributed by atoms with Crippen molar-refractivity contribution in [2.45, 2.75) is 64.5 Å². The highest BCUT2D eigenvalue weighted by molar-refractivity contribution is 4.95. The topological polar surface area (TPSA) is 24.5 Å². The van der Waals surface area contributed by atoms with Crippen LogP contribution in [0.4, 0.5) is 0 Å². The summed E-state index contributed by atoms with van der Waals surface area (Å²) in [6.07, 6.45) is 7.13. The van der Waals surface area contributed by atoms with E-state index in [0.29, 0.717) is 6.04 Å². The van der Waals surface area contributed by atoms with Gasteiger partial charge in [0.2, 0.25) is 0 Å². The highest BCUT2D eigenvalue weighted by Crippen LogP contribution is 2.33. The predicted octanol–water partition coefficient (Wildman–Crippen LogP) is 2.66. The van der Waals surface area contributed by atoms with Gasteiger partial charge in [-0.3, -0.25) is 4.90 Å². The molecule has 2 fully saturated rings. The average Bonchev–Trinajstić information content (AvgIpc) is 2.92. The fourth-order valence-electron chi connectivity index (χ4n) is 3.81. The maximum Gasteiger partial charge on any atom is 0.0594 e. The molecular weight excluding hydrogens is 236 g/mol. The van der Waals surface area contributed by atoms with E-state index in [9.17, 15) is 0 Å². The highest BCUT2D eigenvalue weighted by Gasteiger charge is 2.37. The normalized spacial score (nSPS) is 24.8. The maximum atomic E-state index is 5.51. The predicted molar refractivity (Wildman–Crippen MR) is 80.5 cm³/mol. The number of rotatable bonds is 6. The van der Waals surface area contributed by atoms with Crippen molar-refractivity contribution in [2.75, 3.05) is 32.8 Å². The molecule has 3 nitrogen and oxygen atoms in total. The smallest absolute Gasteiger partial charge is 0.0594 e. The molecular formula is C16H32N2O. The number of hydrogen-bond donors (Lipinski definition) is 1. The van der Waals surface area contributed by atoms with Gasteiger partial charge in [-0.2, -0.15) is 0 Å². The number of nitrogens with one attached hydrogen (secondary N) is 1. The first-order chi connectivity index (χ1) is 9.14. The molecule has 1 heterocycles. The van der Waals surface area contributed by atoms with Gasteiger partial charge in [-0.05, 0) is 32.7 Å². The Bertz CT molecular complexity index is 255. The summed E-state index contributed by atoms with van der Waals surface area (Å²) >= 11 is 0. The van der Waals surface area contributed by atoms with Crippen LogP contribution in [0, 0.1) is 5.92 Å². The van der Waals surface area contributed by atoms with Crippen LogP contribution in [0.15, 0.2) is 0 Å². The molecule has 0 spiro atoms. The van der Waals surface area contributed by atoms with Gasteiger partial charge in [0.15, 0.2) is 0 Å². The van der Waals surface area contributed by atoms with Crippen molar-refractivity contribution >= 4 is 0 Å². The van der Waals surface area contributed by atoms with Crippen LogP contribution in [0.1, 0.15) is 52.9 Å². The summed E-state index contributed by atoms with van der Waals surface area (Å²) in [6, 6.07) is 0.610. The monoisotopic (exact) mass is 268 g/mol. The van der Waals surface area contributed by atoms with E-state index in [4.69, 9.17) is 4.74 Å². The van der Waals surface area contributed by atoms with Crippen molar-refractivity contribution in [1.29, 1.82) is 0 Å². The van der Waals surface area contributed by atoms with E-state index in [2.05, 4.69) is 31.0 Å². The zero-order chi connectivity index (χ0) is 13.7. The lowest BCUT2D eigenvalue weighted by Crippen LogP contribution is -2.60. The average molecular weight is 268 g/mol. The second-order valence-corrected chi connectivity index (χ2v) is 6.75. The molecule has 0 aromatic rings. The first kappa shape index (κ1) is 15.3. The van der Waals surface area contributed by atoms with Crippen LogP contribution in [0.2, 0.25) is 0 Å². The Morgan fingerprint density at radius 3 is 2.42 bits per heavy atom. The Kier molecular flexibility index (Phi) is 5.67. The zero-order valence-corrected chi connectivity index (χ0v) is 13.1. The van der Waals surface area contributed by atoms with Crippen LogP contribution in [0.3, 0.4) is 0 Å². The highest BCUT2D eigenvalue weighted by atomic mass is 16.5. The molecule has 1 saturated heterocycles. The minimum absolute atomic E-state index is 0.238. The van der Waals surface area contributed by atoms with E-state index in [1.807, 2.05) is 0 Å². The molecule has 3 heteroatoms. The summed E-state index contributed by atoms with van der Waals surface area (Å²) in [7, 11) is 0. The van der Waals surface area contributed by atoms with E-state index in [-0.39, 0.29) is 5.54 Å². The number of morpholine rings is 1. The molecule has 0 radical (unpaired) electrons. The van der Waals surface area contributed by atoms with E-state index >= 15 is 0 Å². The van der Waals surface area contributed by atoms with Gasteiger partial charge in [0, 0.05) is 24.7 Å². The molecule has 1 atom stereocenters. The fraction of sp³-hybridized carbons (Fsp3) is 1.00. The summed E-state index contributed by atoms with van der Waals surface area (Å²) < 4.78 is 5.51. The molecule has 0 bridgehead atoms. The molecule has 1 unspecified atom stereocenters. The van der Waals surface area contributed by atoms with Gasteiger partial charge >= 0.3 is 0 Å². The van der Waals surface area contributed by atoms with Crippen LogP contribution in [0.5, 0.6) is 0 Å². The molecule has 2 aliphatic rings. The van der Waals surface area contributed by atoms with E-state index in [1.54, 1.807) is 0 Å². The van der Waals surface area contributed by atoms with Crippen molar-refractivity contribution in [1.82, 2.24) is 10.2 Å². The largest absolute Gasteiger partial charge is 0.379 e. The lowest BCUT2D eigenvalue weighted by molar-refractivity contribution is -0.0260. The van der Waals surface area contributed by atoms with Crippen molar-refractivity contribution in [2.24, 2.45) is 5.92 Å². The second-order valence-electron chi connectivity index (χ2n) is 6.75. The zero-order valence-electron chi connectivity index (χ0n) is 13.1. The summed E-state index contributed by atoms with van der Waals surface area (Å²) in [5.74, 6) is 0.948. The molecule has 0 amide bonds. The molecule has 1 saturated carbocycles. The maximum absolute atomic E-state index is 5.51. The van der Waals surface area contributed by atoms with Crippen LogP contribution in [0.25, 0.3) is 0 Å². The molecule has 19 heavy (non-hydrogen) atoms. The number of ether oxygens (including phenoxy) is 1. The standard InChI is InChI=1S/C16H32N2O/c1-4-17-15(13-14-7-5-6-8-14)16(2,3)18-9-11-19-12-10-18/h14-15,17H,4-13H2,1-3H3. The number of nitrogens with zero attached hydrogens (tertiary/aromatic N) is 1. The van der Waals surface area contributed by atoms with Crippen LogP contribution < -0.4 is 5.32 Å². The lowest BCUT2D eigenvalue weighted by Gasteiger charge is -2.46. The molecule has 1 aliphatic heterocycles. The third kappa shape index (κ3) is 3.93. The van der Waals surface area contributed by atoms with Crippen molar-refractivity contribution < 1.29 is 4.74 Å². The van der Waals surface area contributed by atoms with Crippen LogP contribution in [-0.2, 0) is 4.74 Å². The van der Waals surface area contributed by atoms with Gasteiger partial charge < -0.3 is 10.1 Å². The van der Waals surface area contributed by atoms with Gasteiger partial charge in [-0.25, -0.2) is 0 Å². The van der Waals surface area contributed by atoms with Crippen molar-refractivity contribution in [3.05, 3.63) is 0 Å². The van der Waals surface area contributed by atoms with Gasteiger partial charge in [-0.15, -0.1) is 0 Å². The second kappa shape index (κ2) is 7.05. The molecule has 1 N–H and O–H groups in total. The quantitative estimate of drug-likeness (QED) is 0.801. The van der Waals surface area contributed by atoms with E-state index in [1.165, 1.54) is 32.1 Å². The third-order valence-corrected chi connectivity index (χ3v) is 5.17. The SMILES string of the molecule is CCNC(CC1CCCC1)C(C)(C)N1CCOCC1. The van der Waals surface area contributed by atoms with Crippen LogP contribution >= 0.6 is 0 Å². The Morgan fingerprint density at radius 1 is 1.21 bits per heavy atom. The molecule has 2 rings (SSSR count). The fourth-order valence-corrected chi connectivity index (χ4v) is 3.81. The molecule has 1 aliphatic carbocycles. The van der Waals surface area contributed by atoms with Gasteiger partial charge in [0.1, 0.15) is 0 Å². The van der Waals surface area contributed by atoms with E-state index in [0.717, 1.165) is 38.8 Å². The number of hydrogen-bond acceptors (Lipinski definition) is 3. The molecule has 0 aromatic heterocycles. The Labute approximate surface area is 119 Å². The number of likely N-dealkylation sites (N-methyl/N-ethyl adjacent to an activating group) is 1. The summed E-state index contributed by atoms with van der Waals surface area (Å²) in [4.78, 5) is 2.62. The molecule has 112 valence electrons. The van der Waals surface area contributed by atoms with Crippen molar-refractivity contribution in [3.63, 3.8) is 0 Å². The Hall–Kier alpha value is -0.120. The first-order valence-corrected chi connectivity index (χ1v) is 8.20.